The topological polar surface area (TPSA) is 155 Å². The molecule has 2 aromatic carbocycles. The van der Waals surface area contributed by atoms with Gasteiger partial charge in [-0.25, -0.2) is 8.78 Å². The minimum absolute atomic E-state index is 0.0920. The van der Waals surface area contributed by atoms with E-state index in [-0.39, 0.29) is 36.9 Å². The molecule has 2 aromatic rings. The zero-order valence-corrected chi connectivity index (χ0v) is 19.1. The molecule has 0 spiro atoms. The van der Waals surface area contributed by atoms with Crippen LogP contribution in [0.4, 0.5) is 8.78 Å². The third-order valence-corrected chi connectivity index (χ3v) is 5.48. The zero-order valence-electron chi connectivity index (χ0n) is 19.1. The molecule has 0 radical (unpaired) electrons. The number of amides is 2. The Labute approximate surface area is 201 Å². The maximum absolute atomic E-state index is 14.1. The third-order valence-electron chi connectivity index (χ3n) is 5.48. The summed E-state index contributed by atoms with van der Waals surface area (Å²) in [4.78, 5) is 28.3. The highest BCUT2D eigenvalue weighted by Crippen LogP contribution is 2.30. The largest absolute Gasteiger partial charge is 0.496 e. The van der Waals surface area contributed by atoms with Crippen molar-refractivity contribution in [3.05, 3.63) is 70.8 Å². The Kier molecular flexibility index (Phi) is 8.02. The van der Waals surface area contributed by atoms with Crippen molar-refractivity contribution >= 4 is 23.3 Å². The number of alkyl halides is 2. The second-order valence-electron chi connectivity index (χ2n) is 7.85. The molecule has 1 fully saturated rings. The summed E-state index contributed by atoms with van der Waals surface area (Å²) in [5.74, 6) is -4.48. The lowest BCUT2D eigenvalue weighted by molar-refractivity contribution is -0.114. The Bertz CT molecular complexity index is 1150. The van der Waals surface area contributed by atoms with Crippen molar-refractivity contribution in [1.29, 1.82) is 0 Å². The van der Waals surface area contributed by atoms with Crippen LogP contribution in [-0.4, -0.2) is 49.9 Å². The van der Waals surface area contributed by atoms with Gasteiger partial charge in [0.05, 0.1) is 31.6 Å². The van der Waals surface area contributed by atoms with Gasteiger partial charge in [0.25, 0.3) is 17.7 Å². The molecule has 1 atom stereocenters. The van der Waals surface area contributed by atoms with Crippen molar-refractivity contribution in [2.75, 3.05) is 20.3 Å². The molecule has 0 aromatic heterocycles. The molecule has 0 saturated carbocycles. The summed E-state index contributed by atoms with van der Waals surface area (Å²) in [5.41, 5.74) is 18.4. The van der Waals surface area contributed by atoms with Crippen molar-refractivity contribution < 1.29 is 27.8 Å². The van der Waals surface area contributed by atoms with E-state index in [2.05, 4.69) is 10.3 Å². The fourth-order valence-electron chi connectivity index (χ4n) is 3.51. The number of halogens is 2. The van der Waals surface area contributed by atoms with Crippen LogP contribution in [-0.2, 0) is 16.1 Å². The molecule has 186 valence electrons. The van der Waals surface area contributed by atoms with Crippen LogP contribution in [0.1, 0.15) is 27.9 Å². The average Bonchev–Trinajstić information content (AvgIpc) is 2.83. The number of carbonyl (C=O) groups is 2. The average molecular weight is 488 g/mol. The van der Waals surface area contributed by atoms with Gasteiger partial charge in [-0.3, -0.25) is 14.6 Å². The van der Waals surface area contributed by atoms with Gasteiger partial charge >= 0.3 is 0 Å². The normalized spacial score (nSPS) is 18.4. The molecular formula is C24H27F2N5O4. The van der Waals surface area contributed by atoms with Gasteiger partial charge in [0, 0.05) is 13.0 Å². The Balaban J connectivity index is 1.77. The monoisotopic (exact) mass is 487 g/mol. The van der Waals surface area contributed by atoms with E-state index in [1.54, 1.807) is 48.5 Å². The molecule has 1 heterocycles. The van der Waals surface area contributed by atoms with Gasteiger partial charge in [0.1, 0.15) is 23.2 Å². The lowest BCUT2D eigenvalue weighted by atomic mass is 10.0. The van der Waals surface area contributed by atoms with E-state index in [4.69, 9.17) is 26.7 Å². The van der Waals surface area contributed by atoms with Crippen molar-refractivity contribution in [1.82, 2.24) is 5.32 Å². The fraction of sp³-hybridized carbons (Fsp3) is 0.292. The Morgan fingerprint density at radius 1 is 1.14 bits per heavy atom. The van der Waals surface area contributed by atoms with E-state index in [1.165, 1.54) is 7.11 Å². The molecule has 0 aliphatic carbocycles. The summed E-state index contributed by atoms with van der Waals surface area (Å²) in [6.07, 6.45) is -0.505. The van der Waals surface area contributed by atoms with Crippen LogP contribution in [0, 0.1) is 0 Å². The van der Waals surface area contributed by atoms with Gasteiger partial charge in [0.15, 0.2) is 0 Å². The molecule has 9 nitrogen and oxygen atoms in total. The van der Waals surface area contributed by atoms with Gasteiger partial charge in [-0.2, -0.15) is 0 Å². The number of hydrogen-bond donors (Lipinski definition) is 4. The Morgan fingerprint density at radius 2 is 1.83 bits per heavy atom. The van der Waals surface area contributed by atoms with Crippen LogP contribution in [0.5, 0.6) is 5.75 Å². The first-order chi connectivity index (χ1) is 16.6. The molecule has 0 bridgehead atoms. The summed E-state index contributed by atoms with van der Waals surface area (Å²) in [7, 11) is 1.48. The highest BCUT2D eigenvalue weighted by Gasteiger charge is 2.42. The third kappa shape index (κ3) is 6.12. The minimum atomic E-state index is -3.13. The number of nitrogens with two attached hydrogens (primary N) is 3. The van der Waals surface area contributed by atoms with Gasteiger partial charge in [0.2, 0.25) is 0 Å². The number of hydrogen-bond acceptors (Lipinski definition) is 6. The number of para-hydroxylation sites is 1. The van der Waals surface area contributed by atoms with Crippen LogP contribution in [0.15, 0.2) is 59.1 Å². The number of benzene rings is 2. The Hall–Kier alpha value is -3.99. The summed E-state index contributed by atoms with van der Waals surface area (Å²) < 4.78 is 38.4. The molecular weight excluding hydrogens is 460 g/mol. The summed E-state index contributed by atoms with van der Waals surface area (Å²) in [6.45, 7) is -0.218. The fourth-order valence-corrected chi connectivity index (χ4v) is 3.51. The van der Waals surface area contributed by atoms with Crippen LogP contribution in [0.2, 0.25) is 0 Å². The van der Waals surface area contributed by atoms with E-state index < -0.39 is 30.1 Å². The van der Waals surface area contributed by atoms with E-state index in [9.17, 15) is 18.4 Å². The van der Waals surface area contributed by atoms with Crippen LogP contribution in [0.25, 0.3) is 5.70 Å². The molecule has 1 aliphatic rings. The van der Waals surface area contributed by atoms with Crippen LogP contribution >= 0.6 is 0 Å². The van der Waals surface area contributed by atoms with E-state index in [0.29, 0.717) is 16.9 Å². The molecule has 2 amide bonds. The standard InChI is InChI=1S/C24H27F2N5O4/c1-34-17-5-3-2-4-16(17)23(33)30-12-14-6-8-15(9-7-14)20(27)19(22(29)32)21(28)31-18-13-35-11-10-24(18,25)26/h2-9,18H,10-13,27H2,1H3,(H2,28,31)(H2,29,32)(H,30,33). The maximum atomic E-state index is 14.1. The van der Waals surface area contributed by atoms with Gasteiger partial charge in [-0.1, -0.05) is 36.4 Å². The molecule has 7 N–H and O–H groups in total. The van der Waals surface area contributed by atoms with E-state index in [0.717, 1.165) is 5.56 Å². The lowest BCUT2D eigenvalue weighted by Crippen LogP contribution is -2.43. The Morgan fingerprint density at radius 3 is 2.46 bits per heavy atom. The first-order valence-electron chi connectivity index (χ1n) is 10.7. The van der Waals surface area contributed by atoms with E-state index in [1.807, 2.05) is 0 Å². The van der Waals surface area contributed by atoms with E-state index >= 15 is 0 Å². The first-order valence-corrected chi connectivity index (χ1v) is 10.7. The molecule has 3 rings (SSSR count). The number of amidine groups is 1. The zero-order chi connectivity index (χ0) is 25.6. The number of carbonyl (C=O) groups excluding carboxylic acids is 2. The van der Waals surface area contributed by atoms with Gasteiger partial charge in [-0.15, -0.1) is 0 Å². The van der Waals surface area contributed by atoms with Crippen molar-refractivity contribution in [3.63, 3.8) is 0 Å². The van der Waals surface area contributed by atoms with Crippen molar-refractivity contribution in [2.45, 2.75) is 24.9 Å². The summed E-state index contributed by atoms with van der Waals surface area (Å²) in [6, 6.07) is 11.8. The SMILES string of the molecule is COc1ccccc1C(=O)NCc1ccc(C(N)=C(C(N)=O)C(N)=NC2COCCC2(F)F)cc1. The van der Waals surface area contributed by atoms with Gasteiger partial charge < -0.3 is 32.0 Å². The number of nitrogens with zero attached hydrogens (tertiary/aromatic N) is 1. The highest BCUT2D eigenvalue weighted by atomic mass is 19.3. The lowest BCUT2D eigenvalue weighted by Gasteiger charge is -2.28. The number of primary amides is 1. The van der Waals surface area contributed by atoms with Crippen LogP contribution < -0.4 is 27.3 Å². The predicted molar refractivity (Wildman–Crippen MR) is 127 cm³/mol. The first kappa shape index (κ1) is 25.6. The molecule has 11 heteroatoms. The number of aliphatic imine (C=N–C) groups is 1. The quantitative estimate of drug-likeness (QED) is 0.252. The smallest absolute Gasteiger partial charge is 0.274 e. The number of methoxy groups -OCH3 is 1. The van der Waals surface area contributed by atoms with Crippen molar-refractivity contribution in [2.24, 2.45) is 22.2 Å². The minimum Gasteiger partial charge on any atom is -0.496 e. The van der Waals surface area contributed by atoms with Crippen molar-refractivity contribution in [3.8, 4) is 5.75 Å². The predicted octanol–water partition coefficient (Wildman–Crippen LogP) is 1.56. The number of ether oxygens (including phenoxy) is 2. The molecule has 35 heavy (non-hydrogen) atoms. The number of nitrogens with one attached hydrogen (secondary N) is 1. The van der Waals surface area contributed by atoms with Gasteiger partial charge in [-0.05, 0) is 23.3 Å². The summed E-state index contributed by atoms with van der Waals surface area (Å²) >= 11 is 0. The second kappa shape index (κ2) is 11.0. The molecule has 1 unspecified atom stereocenters. The number of rotatable bonds is 8. The maximum Gasteiger partial charge on any atom is 0.274 e. The summed E-state index contributed by atoms with van der Waals surface area (Å²) in [5, 5.41) is 2.79. The highest BCUT2D eigenvalue weighted by molar-refractivity contribution is 6.24. The van der Waals surface area contributed by atoms with Crippen LogP contribution in [0.3, 0.4) is 0 Å². The second-order valence-corrected chi connectivity index (χ2v) is 7.85. The molecule has 1 aliphatic heterocycles. The molecule has 1 saturated heterocycles.